The number of pyridine rings is 1. The lowest BCUT2D eigenvalue weighted by molar-refractivity contribution is 0.0792. The molecule has 1 aromatic heterocycles. The third-order valence-corrected chi connectivity index (χ3v) is 2.90. The second-order valence-electron chi connectivity index (χ2n) is 4.17. The van der Waals surface area contributed by atoms with Crippen molar-refractivity contribution in [3.05, 3.63) is 29.6 Å². The van der Waals surface area contributed by atoms with E-state index in [2.05, 4.69) is 9.88 Å². The molecule has 1 aromatic rings. The molecule has 0 saturated carbocycles. The molecule has 1 N–H and O–H groups in total. The fourth-order valence-corrected chi connectivity index (χ4v) is 1.97. The zero-order valence-corrected chi connectivity index (χ0v) is 9.13. The Balaban J connectivity index is 1.96. The molecular weight excluding hydrogens is 202 g/mol. The second-order valence-corrected chi connectivity index (χ2v) is 4.17. The lowest BCUT2D eigenvalue weighted by Crippen LogP contribution is -2.35. The molecule has 1 aliphatic rings. The van der Waals surface area contributed by atoms with Gasteiger partial charge < -0.3 is 5.11 Å². The average Bonchev–Trinajstić information content (AvgIpc) is 2.32. The van der Waals surface area contributed by atoms with Crippen LogP contribution in [0.2, 0.25) is 0 Å². The summed E-state index contributed by atoms with van der Waals surface area (Å²) < 4.78 is 0. The molecule has 0 radical (unpaired) electrons. The number of rotatable bonds is 2. The van der Waals surface area contributed by atoms with Crippen LogP contribution in [-0.4, -0.2) is 34.2 Å². The fourth-order valence-electron chi connectivity index (χ4n) is 1.97. The van der Waals surface area contributed by atoms with E-state index in [-0.39, 0.29) is 6.10 Å². The van der Waals surface area contributed by atoms with Crippen LogP contribution in [0.15, 0.2) is 18.3 Å². The smallest absolute Gasteiger partial charge is 0.140 e. The lowest BCUT2D eigenvalue weighted by Gasteiger charge is -2.29. The molecule has 2 heterocycles. The van der Waals surface area contributed by atoms with E-state index in [1.807, 2.05) is 18.2 Å². The topological polar surface area (TPSA) is 60.2 Å². The standard InChI is InChI=1S/C12H15N3O/c13-8-11-7-10(1-4-14-11)9-15-5-2-12(16)3-6-15/h1,4,7,12,16H,2-3,5-6,9H2. The number of hydrogen-bond donors (Lipinski definition) is 1. The zero-order chi connectivity index (χ0) is 11.4. The Labute approximate surface area is 95.1 Å². The van der Waals surface area contributed by atoms with Crippen molar-refractivity contribution in [3.63, 3.8) is 0 Å². The van der Waals surface area contributed by atoms with Crippen LogP contribution in [0, 0.1) is 11.3 Å². The van der Waals surface area contributed by atoms with Crippen molar-refractivity contribution >= 4 is 0 Å². The first-order valence-electron chi connectivity index (χ1n) is 5.53. The van der Waals surface area contributed by atoms with Crippen LogP contribution in [0.5, 0.6) is 0 Å². The molecular formula is C12H15N3O. The summed E-state index contributed by atoms with van der Waals surface area (Å²) in [5.41, 5.74) is 1.58. The highest BCUT2D eigenvalue weighted by Gasteiger charge is 2.16. The number of nitrogens with zero attached hydrogens (tertiary/aromatic N) is 3. The highest BCUT2D eigenvalue weighted by atomic mass is 16.3. The predicted octanol–water partition coefficient (Wildman–Crippen LogP) is 0.910. The Kier molecular flexibility index (Phi) is 3.50. The Morgan fingerprint density at radius 1 is 1.50 bits per heavy atom. The molecule has 4 heteroatoms. The predicted molar refractivity (Wildman–Crippen MR) is 59.5 cm³/mol. The van der Waals surface area contributed by atoms with Gasteiger partial charge in [0.1, 0.15) is 11.8 Å². The van der Waals surface area contributed by atoms with Gasteiger partial charge in [-0.05, 0) is 30.5 Å². The Morgan fingerprint density at radius 3 is 2.94 bits per heavy atom. The van der Waals surface area contributed by atoms with E-state index in [0.717, 1.165) is 38.0 Å². The fraction of sp³-hybridized carbons (Fsp3) is 0.500. The second kappa shape index (κ2) is 5.06. The molecule has 2 rings (SSSR count). The van der Waals surface area contributed by atoms with Gasteiger partial charge in [0.15, 0.2) is 0 Å². The third kappa shape index (κ3) is 2.78. The van der Waals surface area contributed by atoms with E-state index in [1.165, 1.54) is 0 Å². The molecule has 0 aliphatic carbocycles. The first kappa shape index (κ1) is 11.1. The van der Waals surface area contributed by atoms with Gasteiger partial charge in [0, 0.05) is 25.8 Å². The van der Waals surface area contributed by atoms with Crippen molar-refractivity contribution in [1.29, 1.82) is 5.26 Å². The van der Waals surface area contributed by atoms with Gasteiger partial charge in [-0.25, -0.2) is 4.98 Å². The molecule has 1 fully saturated rings. The van der Waals surface area contributed by atoms with Gasteiger partial charge in [0.05, 0.1) is 6.10 Å². The third-order valence-electron chi connectivity index (χ3n) is 2.90. The Morgan fingerprint density at radius 2 is 2.25 bits per heavy atom. The first-order chi connectivity index (χ1) is 7.78. The average molecular weight is 217 g/mol. The van der Waals surface area contributed by atoms with Crippen LogP contribution >= 0.6 is 0 Å². The van der Waals surface area contributed by atoms with Crippen molar-refractivity contribution in [2.45, 2.75) is 25.5 Å². The van der Waals surface area contributed by atoms with Crippen molar-refractivity contribution < 1.29 is 5.11 Å². The summed E-state index contributed by atoms with van der Waals surface area (Å²) in [4.78, 5) is 6.24. The summed E-state index contributed by atoms with van der Waals surface area (Å²) in [6.07, 6.45) is 3.22. The molecule has 0 aromatic carbocycles. The minimum atomic E-state index is -0.136. The molecule has 0 atom stereocenters. The maximum absolute atomic E-state index is 9.40. The summed E-state index contributed by atoms with van der Waals surface area (Å²) in [6.45, 7) is 2.68. The van der Waals surface area contributed by atoms with Gasteiger partial charge in [-0.15, -0.1) is 0 Å². The van der Waals surface area contributed by atoms with Crippen molar-refractivity contribution in [1.82, 2.24) is 9.88 Å². The summed E-state index contributed by atoms with van der Waals surface area (Å²) in [6, 6.07) is 5.80. The van der Waals surface area contributed by atoms with Gasteiger partial charge in [0.2, 0.25) is 0 Å². The van der Waals surface area contributed by atoms with Crippen LogP contribution in [0.4, 0.5) is 0 Å². The molecule has 84 valence electrons. The van der Waals surface area contributed by atoms with Crippen LogP contribution in [0.1, 0.15) is 24.1 Å². The molecule has 0 spiro atoms. The van der Waals surface area contributed by atoms with E-state index in [4.69, 9.17) is 5.26 Å². The van der Waals surface area contributed by atoms with Gasteiger partial charge >= 0.3 is 0 Å². The van der Waals surface area contributed by atoms with E-state index in [0.29, 0.717) is 5.69 Å². The van der Waals surface area contributed by atoms with E-state index >= 15 is 0 Å². The monoisotopic (exact) mass is 217 g/mol. The van der Waals surface area contributed by atoms with Gasteiger partial charge in [-0.3, -0.25) is 4.90 Å². The van der Waals surface area contributed by atoms with Crippen LogP contribution in [0.25, 0.3) is 0 Å². The molecule has 0 unspecified atom stereocenters. The summed E-state index contributed by atoms with van der Waals surface area (Å²) >= 11 is 0. The van der Waals surface area contributed by atoms with Crippen LogP contribution < -0.4 is 0 Å². The normalized spacial score (nSPS) is 18.2. The molecule has 16 heavy (non-hydrogen) atoms. The Hall–Kier alpha value is -1.44. The first-order valence-corrected chi connectivity index (χ1v) is 5.53. The van der Waals surface area contributed by atoms with Crippen molar-refractivity contribution in [2.75, 3.05) is 13.1 Å². The molecule has 0 amide bonds. The van der Waals surface area contributed by atoms with Gasteiger partial charge in [0.25, 0.3) is 0 Å². The summed E-state index contributed by atoms with van der Waals surface area (Å²) in [7, 11) is 0. The maximum atomic E-state index is 9.40. The SMILES string of the molecule is N#Cc1cc(CN2CCC(O)CC2)ccn1. The Bertz CT molecular complexity index is 391. The molecule has 1 saturated heterocycles. The lowest BCUT2D eigenvalue weighted by atomic mass is 10.1. The highest BCUT2D eigenvalue weighted by Crippen LogP contribution is 2.13. The largest absolute Gasteiger partial charge is 0.393 e. The number of hydrogen-bond acceptors (Lipinski definition) is 4. The van der Waals surface area contributed by atoms with Crippen molar-refractivity contribution in [3.8, 4) is 6.07 Å². The minimum absolute atomic E-state index is 0.136. The number of likely N-dealkylation sites (tertiary alicyclic amines) is 1. The van der Waals surface area contributed by atoms with Crippen LogP contribution in [0.3, 0.4) is 0 Å². The van der Waals surface area contributed by atoms with Gasteiger partial charge in [-0.2, -0.15) is 5.26 Å². The van der Waals surface area contributed by atoms with Gasteiger partial charge in [-0.1, -0.05) is 0 Å². The van der Waals surface area contributed by atoms with E-state index in [1.54, 1.807) is 6.20 Å². The number of aliphatic hydroxyl groups is 1. The minimum Gasteiger partial charge on any atom is -0.393 e. The molecule has 4 nitrogen and oxygen atoms in total. The van der Waals surface area contributed by atoms with E-state index < -0.39 is 0 Å². The molecule has 0 bridgehead atoms. The number of nitriles is 1. The number of piperidine rings is 1. The zero-order valence-electron chi connectivity index (χ0n) is 9.13. The molecule has 1 aliphatic heterocycles. The summed E-state index contributed by atoms with van der Waals surface area (Å²) in [5, 5.41) is 18.1. The number of aromatic nitrogens is 1. The quantitative estimate of drug-likeness (QED) is 0.800. The summed E-state index contributed by atoms with van der Waals surface area (Å²) in [5.74, 6) is 0. The van der Waals surface area contributed by atoms with E-state index in [9.17, 15) is 5.11 Å². The number of aliphatic hydroxyl groups excluding tert-OH is 1. The van der Waals surface area contributed by atoms with Crippen LogP contribution in [-0.2, 0) is 6.54 Å². The highest BCUT2D eigenvalue weighted by molar-refractivity contribution is 5.25. The maximum Gasteiger partial charge on any atom is 0.140 e. The van der Waals surface area contributed by atoms with Crippen molar-refractivity contribution in [2.24, 2.45) is 0 Å².